The summed E-state index contributed by atoms with van der Waals surface area (Å²) in [6.07, 6.45) is 0.360. The number of hydrogen-bond acceptors (Lipinski definition) is 4. The monoisotopic (exact) mass is 367 g/mol. The van der Waals surface area contributed by atoms with Gasteiger partial charge in [0.15, 0.2) is 12.2 Å². The van der Waals surface area contributed by atoms with E-state index < -0.39 is 18.2 Å². The third-order valence-corrected chi connectivity index (χ3v) is 4.74. The molecule has 1 heterocycles. The van der Waals surface area contributed by atoms with Crippen LogP contribution in [-0.4, -0.2) is 42.1 Å². The number of likely N-dealkylation sites (tertiary alicyclic amines) is 1. The molecule has 6 heteroatoms. The van der Waals surface area contributed by atoms with Crippen molar-refractivity contribution >= 4 is 23.5 Å². The van der Waals surface area contributed by atoms with Crippen LogP contribution in [0.1, 0.15) is 39.2 Å². The summed E-state index contributed by atoms with van der Waals surface area (Å²) < 4.78 is 11.0. The molecule has 1 saturated heterocycles. The van der Waals surface area contributed by atoms with Gasteiger partial charge in [-0.15, -0.1) is 0 Å². The zero-order chi connectivity index (χ0) is 18.6. The van der Waals surface area contributed by atoms with Crippen molar-refractivity contribution < 1.29 is 19.1 Å². The SMILES string of the molecule is Cc1cc(Cl)ccc1OC(C)C(=O)OC(C)C(=O)N1CCC(C)CC1. The van der Waals surface area contributed by atoms with Crippen molar-refractivity contribution in [3.63, 3.8) is 0 Å². The van der Waals surface area contributed by atoms with Crippen LogP contribution in [-0.2, 0) is 14.3 Å². The Morgan fingerprint density at radius 3 is 2.44 bits per heavy atom. The lowest BCUT2D eigenvalue weighted by Crippen LogP contribution is -2.45. The highest BCUT2D eigenvalue weighted by Crippen LogP contribution is 2.23. The van der Waals surface area contributed by atoms with Crippen LogP contribution in [0.3, 0.4) is 0 Å². The van der Waals surface area contributed by atoms with Crippen LogP contribution in [0.4, 0.5) is 0 Å². The number of carbonyl (C=O) groups excluding carboxylic acids is 2. The number of aryl methyl sites for hydroxylation is 1. The number of rotatable bonds is 5. The minimum atomic E-state index is -0.809. The number of carbonyl (C=O) groups is 2. The van der Waals surface area contributed by atoms with Crippen molar-refractivity contribution in [2.75, 3.05) is 13.1 Å². The zero-order valence-corrected chi connectivity index (χ0v) is 16.0. The summed E-state index contributed by atoms with van der Waals surface area (Å²) in [7, 11) is 0. The van der Waals surface area contributed by atoms with Crippen molar-refractivity contribution in [3.05, 3.63) is 28.8 Å². The van der Waals surface area contributed by atoms with Crippen LogP contribution < -0.4 is 4.74 Å². The first-order valence-corrected chi connectivity index (χ1v) is 9.07. The van der Waals surface area contributed by atoms with Gasteiger partial charge in [-0.3, -0.25) is 4.79 Å². The van der Waals surface area contributed by atoms with E-state index in [0.29, 0.717) is 16.7 Å². The van der Waals surface area contributed by atoms with Gasteiger partial charge in [-0.1, -0.05) is 18.5 Å². The van der Waals surface area contributed by atoms with Crippen molar-refractivity contribution in [2.45, 2.75) is 52.7 Å². The minimum Gasteiger partial charge on any atom is -0.479 e. The average Bonchev–Trinajstić information content (AvgIpc) is 2.57. The summed E-state index contributed by atoms with van der Waals surface area (Å²) in [5.41, 5.74) is 0.832. The van der Waals surface area contributed by atoms with E-state index in [2.05, 4.69) is 6.92 Å². The Bertz CT molecular complexity index is 626. The molecule has 138 valence electrons. The first kappa shape index (κ1) is 19.6. The number of esters is 1. The van der Waals surface area contributed by atoms with Crippen LogP contribution in [0.25, 0.3) is 0 Å². The smallest absolute Gasteiger partial charge is 0.347 e. The van der Waals surface area contributed by atoms with Crippen LogP contribution >= 0.6 is 11.6 Å². The van der Waals surface area contributed by atoms with E-state index in [-0.39, 0.29) is 5.91 Å². The van der Waals surface area contributed by atoms with Gasteiger partial charge in [-0.2, -0.15) is 0 Å². The third kappa shape index (κ3) is 5.36. The lowest BCUT2D eigenvalue weighted by Gasteiger charge is -2.32. The molecule has 1 aliphatic heterocycles. The van der Waals surface area contributed by atoms with E-state index in [1.807, 2.05) is 6.92 Å². The molecule has 2 atom stereocenters. The van der Waals surface area contributed by atoms with E-state index in [1.54, 1.807) is 36.9 Å². The highest BCUT2D eigenvalue weighted by Gasteiger charge is 2.28. The van der Waals surface area contributed by atoms with Crippen molar-refractivity contribution in [1.82, 2.24) is 4.90 Å². The maximum atomic E-state index is 12.4. The summed E-state index contributed by atoms with van der Waals surface area (Å²) in [5, 5.41) is 0.607. The quantitative estimate of drug-likeness (QED) is 0.746. The van der Waals surface area contributed by atoms with E-state index in [1.165, 1.54) is 0 Å². The molecule has 1 aromatic rings. The third-order valence-electron chi connectivity index (χ3n) is 4.51. The summed E-state index contributed by atoms with van der Waals surface area (Å²) in [6, 6.07) is 5.18. The topological polar surface area (TPSA) is 55.8 Å². The maximum Gasteiger partial charge on any atom is 0.347 e. The van der Waals surface area contributed by atoms with Crippen LogP contribution in [0.15, 0.2) is 18.2 Å². The lowest BCUT2D eigenvalue weighted by molar-refractivity contribution is -0.164. The lowest BCUT2D eigenvalue weighted by atomic mass is 9.99. The molecule has 2 unspecified atom stereocenters. The Hall–Kier alpha value is -1.75. The van der Waals surface area contributed by atoms with E-state index >= 15 is 0 Å². The molecule has 5 nitrogen and oxygen atoms in total. The summed E-state index contributed by atoms with van der Waals surface area (Å²) in [5.74, 6) is 0.506. The molecular formula is C19H26ClNO4. The van der Waals surface area contributed by atoms with Crippen molar-refractivity contribution in [2.24, 2.45) is 5.92 Å². The number of benzene rings is 1. The summed E-state index contributed by atoms with van der Waals surface area (Å²) in [4.78, 5) is 26.4. The summed E-state index contributed by atoms with van der Waals surface area (Å²) >= 11 is 5.91. The fourth-order valence-electron chi connectivity index (χ4n) is 2.79. The molecule has 1 aliphatic rings. The Kier molecular flexibility index (Phi) is 6.71. The number of ether oxygens (including phenoxy) is 2. The molecule has 1 amide bonds. The van der Waals surface area contributed by atoms with Gasteiger partial charge in [0, 0.05) is 18.1 Å². The Morgan fingerprint density at radius 1 is 1.20 bits per heavy atom. The predicted octanol–water partition coefficient (Wildman–Crippen LogP) is 3.61. The Balaban J connectivity index is 1.88. The molecule has 0 spiro atoms. The van der Waals surface area contributed by atoms with Gasteiger partial charge in [0.25, 0.3) is 5.91 Å². The van der Waals surface area contributed by atoms with Gasteiger partial charge in [0.2, 0.25) is 0 Å². The molecule has 0 bridgehead atoms. The molecule has 0 radical (unpaired) electrons. The second-order valence-corrected chi connectivity index (χ2v) is 7.19. The van der Waals surface area contributed by atoms with E-state index in [4.69, 9.17) is 21.1 Å². The Morgan fingerprint density at radius 2 is 1.84 bits per heavy atom. The highest BCUT2D eigenvalue weighted by atomic mass is 35.5. The van der Waals surface area contributed by atoms with Gasteiger partial charge in [0.1, 0.15) is 5.75 Å². The first-order valence-electron chi connectivity index (χ1n) is 8.70. The molecule has 2 rings (SSSR count). The van der Waals surface area contributed by atoms with Gasteiger partial charge in [0.05, 0.1) is 0 Å². The fourth-order valence-corrected chi connectivity index (χ4v) is 3.02. The van der Waals surface area contributed by atoms with Crippen LogP contribution in [0.5, 0.6) is 5.75 Å². The van der Waals surface area contributed by atoms with Gasteiger partial charge in [-0.05, 0) is 63.3 Å². The normalized spacial score (nSPS) is 17.7. The number of piperidine rings is 1. The summed E-state index contributed by atoms with van der Waals surface area (Å²) in [6.45, 7) is 8.69. The highest BCUT2D eigenvalue weighted by molar-refractivity contribution is 6.30. The Labute approximate surface area is 154 Å². The second kappa shape index (κ2) is 8.56. The predicted molar refractivity (Wildman–Crippen MR) is 96.8 cm³/mol. The van der Waals surface area contributed by atoms with E-state index in [9.17, 15) is 9.59 Å². The maximum absolute atomic E-state index is 12.4. The van der Waals surface area contributed by atoms with Crippen molar-refractivity contribution in [1.29, 1.82) is 0 Å². The molecule has 25 heavy (non-hydrogen) atoms. The first-order chi connectivity index (χ1) is 11.8. The van der Waals surface area contributed by atoms with Gasteiger partial charge < -0.3 is 14.4 Å². The van der Waals surface area contributed by atoms with Crippen LogP contribution in [0, 0.1) is 12.8 Å². The van der Waals surface area contributed by atoms with Gasteiger partial charge in [-0.25, -0.2) is 4.79 Å². The molecule has 0 aromatic heterocycles. The number of nitrogens with zero attached hydrogens (tertiary/aromatic N) is 1. The van der Waals surface area contributed by atoms with Crippen LogP contribution in [0.2, 0.25) is 5.02 Å². The molecule has 0 N–H and O–H groups in total. The van der Waals surface area contributed by atoms with Crippen molar-refractivity contribution in [3.8, 4) is 5.75 Å². The standard InChI is InChI=1S/C19H26ClNO4/c1-12-7-9-21(10-8-12)18(22)14(3)25-19(23)15(4)24-17-6-5-16(20)11-13(17)2/h5-6,11-12,14-15H,7-10H2,1-4H3. The zero-order valence-electron chi connectivity index (χ0n) is 15.3. The molecule has 0 aliphatic carbocycles. The molecule has 0 saturated carbocycles. The second-order valence-electron chi connectivity index (χ2n) is 6.76. The molecule has 1 aromatic carbocycles. The number of halogens is 1. The number of amides is 1. The largest absolute Gasteiger partial charge is 0.479 e. The van der Waals surface area contributed by atoms with E-state index in [0.717, 1.165) is 31.5 Å². The number of hydrogen-bond donors (Lipinski definition) is 0. The minimum absolute atomic E-state index is 0.143. The fraction of sp³-hybridized carbons (Fsp3) is 0.579. The average molecular weight is 368 g/mol. The van der Waals surface area contributed by atoms with Gasteiger partial charge >= 0.3 is 5.97 Å². The molecule has 1 fully saturated rings. The molecular weight excluding hydrogens is 342 g/mol.